The lowest BCUT2D eigenvalue weighted by atomic mass is 9.95. The number of pyridine rings is 1. The van der Waals surface area contributed by atoms with Crippen LogP contribution in [0.3, 0.4) is 0 Å². The van der Waals surface area contributed by atoms with E-state index in [1.807, 2.05) is 11.0 Å². The SMILES string of the molecule is CN1CCC(C(=O)N2CCN(C(=O)c3ccc(CNC(=O)c4ncc(-c5c(C#N)n[nH]c5-c5ccc(N)cn5)[nH]4)cc3Cl)CC2)CC1. The van der Waals surface area contributed by atoms with Crippen molar-refractivity contribution < 1.29 is 14.4 Å². The molecular weight excluding hydrogens is 622 g/mol. The normalized spacial score (nSPS) is 15.8. The van der Waals surface area contributed by atoms with Crippen molar-refractivity contribution >= 4 is 35.0 Å². The second-order valence-corrected chi connectivity index (χ2v) is 12.2. The number of carbonyl (C=O) groups is 3. The van der Waals surface area contributed by atoms with Crippen molar-refractivity contribution in [3.63, 3.8) is 0 Å². The van der Waals surface area contributed by atoms with E-state index in [-0.39, 0.29) is 40.8 Å². The molecule has 0 spiro atoms. The Morgan fingerprint density at radius 2 is 1.79 bits per heavy atom. The van der Waals surface area contributed by atoms with Crippen LogP contribution in [0.15, 0.2) is 42.7 Å². The standard InChI is InChI=1S/C32H34ClN11O3/c1-42-8-6-20(7-9-42)31(46)43-10-12-44(13-11-43)32(47)22-4-2-19(14-23(22)33)16-38-30(45)29-37-18-26(39-29)27-25(15-34)40-41-28(27)24-5-3-21(35)17-36-24/h2-5,14,17-18,20H,6-13,16,35H2,1H3,(H,37,39)(H,38,45)(H,40,41). The fourth-order valence-electron chi connectivity index (χ4n) is 5.91. The van der Waals surface area contributed by atoms with E-state index in [1.54, 1.807) is 35.2 Å². The molecule has 0 bridgehead atoms. The average molecular weight is 656 g/mol. The summed E-state index contributed by atoms with van der Waals surface area (Å²) in [7, 11) is 2.07. The van der Waals surface area contributed by atoms with Crippen molar-refractivity contribution in [1.29, 1.82) is 5.26 Å². The number of nitrogen functional groups attached to an aromatic ring is 1. The maximum atomic E-state index is 13.3. The highest BCUT2D eigenvalue weighted by Crippen LogP contribution is 2.31. The minimum absolute atomic E-state index is 0.0349. The van der Waals surface area contributed by atoms with Gasteiger partial charge in [0.15, 0.2) is 11.5 Å². The maximum Gasteiger partial charge on any atom is 0.287 e. The number of carbonyl (C=O) groups excluding carboxylic acids is 3. The zero-order valence-corrected chi connectivity index (χ0v) is 26.5. The highest BCUT2D eigenvalue weighted by atomic mass is 35.5. The van der Waals surface area contributed by atoms with Crippen molar-refractivity contribution in [1.82, 2.24) is 45.2 Å². The summed E-state index contributed by atoms with van der Waals surface area (Å²) in [4.78, 5) is 56.5. The number of aromatic amines is 2. The first-order valence-electron chi connectivity index (χ1n) is 15.3. The van der Waals surface area contributed by atoms with Gasteiger partial charge in [-0.3, -0.25) is 24.5 Å². The van der Waals surface area contributed by atoms with Gasteiger partial charge < -0.3 is 30.7 Å². The Morgan fingerprint density at radius 3 is 2.47 bits per heavy atom. The molecular formula is C32H34ClN11O3. The highest BCUT2D eigenvalue weighted by Gasteiger charge is 2.31. The van der Waals surface area contributed by atoms with Gasteiger partial charge in [-0.25, -0.2) is 4.98 Å². The molecule has 5 heterocycles. The van der Waals surface area contributed by atoms with Crippen molar-refractivity contribution in [2.45, 2.75) is 19.4 Å². The van der Waals surface area contributed by atoms with Gasteiger partial charge in [0.2, 0.25) is 5.91 Å². The van der Waals surface area contributed by atoms with Crippen LogP contribution in [0, 0.1) is 17.2 Å². The molecule has 2 fully saturated rings. The number of likely N-dealkylation sites (tertiary alicyclic amines) is 1. The Kier molecular flexibility index (Phi) is 9.19. The molecule has 0 atom stereocenters. The number of halogens is 1. The fraction of sp³-hybridized carbons (Fsp3) is 0.344. The molecule has 0 aliphatic carbocycles. The quantitative estimate of drug-likeness (QED) is 0.231. The minimum Gasteiger partial charge on any atom is -0.397 e. The highest BCUT2D eigenvalue weighted by molar-refractivity contribution is 6.33. The molecule has 4 aromatic rings. The molecule has 47 heavy (non-hydrogen) atoms. The predicted molar refractivity (Wildman–Crippen MR) is 174 cm³/mol. The third-order valence-electron chi connectivity index (χ3n) is 8.64. The third-order valence-corrected chi connectivity index (χ3v) is 8.95. The molecule has 0 saturated carbocycles. The van der Waals surface area contributed by atoms with E-state index >= 15 is 0 Å². The number of piperidine rings is 1. The smallest absolute Gasteiger partial charge is 0.287 e. The molecule has 1 aromatic carbocycles. The summed E-state index contributed by atoms with van der Waals surface area (Å²) in [5.74, 6) is -0.384. The van der Waals surface area contributed by atoms with E-state index in [0.29, 0.717) is 65.6 Å². The number of nitriles is 1. The van der Waals surface area contributed by atoms with Crippen molar-refractivity contribution in [3.8, 4) is 28.7 Å². The topological polar surface area (TPSA) is 193 Å². The van der Waals surface area contributed by atoms with Crippen molar-refractivity contribution in [2.24, 2.45) is 5.92 Å². The van der Waals surface area contributed by atoms with Crippen LogP contribution in [0.1, 0.15) is 45.1 Å². The molecule has 0 unspecified atom stereocenters. The van der Waals surface area contributed by atoms with E-state index in [4.69, 9.17) is 17.3 Å². The number of piperazine rings is 1. The number of hydrogen-bond donors (Lipinski definition) is 4. The molecule has 2 aliphatic rings. The largest absolute Gasteiger partial charge is 0.397 e. The zero-order chi connectivity index (χ0) is 33.1. The van der Waals surface area contributed by atoms with Crippen molar-refractivity contribution in [3.05, 3.63) is 70.4 Å². The lowest BCUT2D eigenvalue weighted by molar-refractivity contribution is -0.138. The number of nitrogens with one attached hydrogen (secondary N) is 3. The number of rotatable bonds is 7. The first-order valence-corrected chi connectivity index (χ1v) is 15.7. The number of hydrogen-bond acceptors (Lipinski definition) is 9. The zero-order valence-electron chi connectivity index (χ0n) is 25.8. The number of nitrogens with zero attached hydrogens (tertiary/aromatic N) is 7. The Balaban J connectivity index is 1.05. The van der Waals surface area contributed by atoms with Gasteiger partial charge in [0.1, 0.15) is 6.07 Å². The minimum atomic E-state index is -0.477. The van der Waals surface area contributed by atoms with E-state index in [2.05, 4.69) is 42.4 Å². The van der Waals surface area contributed by atoms with Gasteiger partial charge >= 0.3 is 0 Å². The molecule has 0 radical (unpaired) electrons. The lowest BCUT2D eigenvalue weighted by Crippen LogP contribution is -2.52. The maximum absolute atomic E-state index is 13.3. The molecule has 3 amide bonds. The van der Waals surface area contributed by atoms with Crippen LogP contribution in [0.2, 0.25) is 5.02 Å². The number of nitrogens with two attached hydrogens (primary N) is 1. The van der Waals surface area contributed by atoms with E-state index in [1.165, 1.54) is 12.4 Å². The van der Waals surface area contributed by atoms with Crippen LogP contribution in [-0.4, -0.2) is 104 Å². The molecule has 14 nitrogen and oxygen atoms in total. The average Bonchev–Trinajstić information content (AvgIpc) is 3.75. The van der Waals surface area contributed by atoms with Gasteiger partial charge in [0.25, 0.3) is 11.8 Å². The summed E-state index contributed by atoms with van der Waals surface area (Å²) in [6.07, 6.45) is 4.69. The van der Waals surface area contributed by atoms with Crippen LogP contribution < -0.4 is 11.1 Å². The molecule has 242 valence electrons. The molecule has 15 heteroatoms. The van der Waals surface area contributed by atoms with Crippen LogP contribution in [0.4, 0.5) is 5.69 Å². The monoisotopic (exact) mass is 655 g/mol. The number of amides is 3. The summed E-state index contributed by atoms with van der Waals surface area (Å²) in [5, 5.41) is 19.6. The van der Waals surface area contributed by atoms with E-state index < -0.39 is 5.91 Å². The van der Waals surface area contributed by atoms with Crippen LogP contribution in [-0.2, 0) is 11.3 Å². The second-order valence-electron chi connectivity index (χ2n) is 11.7. The Labute approximate surface area is 275 Å². The van der Waals surface area contributed by atoms with Crippen LogP contribution in [0.5, 0.6) is 0 Å². The molecule has 6 rings (SSSR count). The predicted octanol–water partition coefficient (Wildman–Crippen LogP) is 2.53. The number of benzene rings is 1. The Hall–Kier alpha value is -5.26. The number of anilines is 1. The number of aromatic nitrogens is 5. The second kappa shape index (κ2) is 13.6. The summed E-state index contributed by atoms with van der Waals surface area (Å²) >= 11 is 6.54. The third kappa shape index (κ3) is 6.81. The van der Waals surface area contributed by atoms with Gasteiger partial charge in [0, 0.05) is 38.6 Å². The summed E-state index contributed by atoms with van der Waals surface area (Å²) < 4.78 is 0. The molecule has 5 N–H and O–H groups in total. The van der Waals surface area contributed by atoms with Gasteiger partial charge in [-0.2, -0.15) is 10.4 Å². The van der Waals surface area contributed by atoms with Gasteiger partial charge in [-0.05, 0) is 62.8 Å². The van der Waals surface area contributed by atoms with Gasteiger partial charge in [0.05, 0.1) is 51.3 Å². The Bertz CT molecular complexity index is 1830. The fourth-order valence-corrected chi connectivity index (χ4v) is 6.19. The molecule has 2 aliphatic heterocycles. The first-order chi connectivity index (χ1) is 22.7. The molecule has 2 saturated heterocycles. The Morgan fingerprint density at radius 1 is 1.04 bits per heavy atom. The summed E-state index contributed by atoms with van der Waals surface area (Å²) in [5.41, 5.74) is 9.24. The summed E-state index contributed by atoms with van der Waals surface area (Å²) in [6, 6.07) is 10.5. The first kappa shape index (κ1) is 31.7. The number of imidazole rings is 1. The van der Waals surface area contributed by atoms with Gasteiger partial charge in [-0.15, -0.1) is 0 Å². The van der Waals surface area contributed by atoms with Gasteiger partial charge in [-0.1, -0.05) is 17.7 Å². The molecule has 3 aromatic heterocycles. The number of H-pyrrole nitrogens is 2. The summed E-state index contributed by atoms with van der Waals surface area (Å²) in [6.45, 7) is 3.90. The van der Waals surface area contributed by atoms with E-state index in [9.17, 15) is 19.6 Å². The van der Waals surface area contributed by atoms with Crippen molar-refractivity contribution in [2.75, 3.05) is 52.0 Å². The van der Waals surface area contributed by atoms with Crippen LogP contribution in [0.25, 0.3) is 22.6 Å². The van der Waals surface area contributed by atoms with E-state index in [0.717, 1.165) is 25.9 Å². The lowest BCUT2D eigenvalue weighted by Gasteiger charge is -2.38. The van der Waals surface area contributed by atoms with Crippen LogP contribution >= 0.6 is 11.6 Å².